The maximum atomic E-state index is 13.9. The van der Waals surface area contributed by atoms with Crippen molar-refractivity contribution in [1.29, 1.82) is 0 Å². The largest absolute Gasteiger partial charge is 0.392 e. The number of aliphatic hydroxyl groups excluding tert-OH is 1. The number of nitrogens with one attached hydrogen (secondary N) is 1. The van der Waals surface area contributed by atoms with Crippen molar-refractivity contribution < 1.29 is 14.6 Å². The molecular formula is C37H44N8O4. The van der Waals surface area contributed by atoms with Gasteiger partial charge in [-0.1, -0.05) is 13.8 Å². The van der Waals surface area contributed by atoms with Gasteiger partial charge < -0.3 is 29.2 Å². The van der Waals surface area contributed by atoms with E-state index >= 15 is 0 Å². The number of carbonyl (C=O) groups is 1. The molecule has 12 nitrogen and oxygen atoms in total. The normalized spacial score (nSPS) is 20.7. The van der Waals surface area contributed by atoms with E-state index in [-0.39, 0.29) is 23.5 Å². The first-order chi connectivity index (χ1) is 23.6. The van der Waals surface area contributed by atoms with Crippen molar-refractivity contribution in [3.8, 4) is 11.1 Å². The Morgan fingerprint density at radius 1 is 1.04 bits per heavy atom. The highest BCUT2D eigenvalue weighted by Gasteiger charge is 2.38. The Hall–Kier alpha value is -4.52. The fourth-order valence-corrected chi connectivity index (χ4v) is 8.10. The Morgan fingerprint density at radius 3 is 2.59 bits per heavy atom. The lowest BCUT2D eigenvalue weighted by Gasteiger charge is -2.46. The molecule has 0 aromatic carbocycles. The first-order valence-electron chi connectivity index (χ1n) is 17.2. The Kier molecular flexibility index (Phi) is 7.84. The van der Waals surface area contributed by atoms with Crippen molar-refractivity contribution in [3.63, 3.8) is 0 Å². The van der Waals surface area contributed by atoms with Crippen LogP contribution in [0.5, 0.6) is 0 Å². The number of fused-ring (bicyclic) bond motifs is 3. The van der Waals surface area contributed by atoms with E-state index in [0.29, 0.717) is 64.9 Å². The van der Waals surface area contributed by atoms with E-state index < -0.39 is 0 Å². The summed E-state index contributed by atoms with van der Waals surface area (Å²) in [5, 5.41) is 13.9. The fourth-order valence-electron chi connectivity index (χ4n) is 8.10. The molecule has 4 aromatic heterocycles. The zero-order valence-electron chi connectivity index (χ0n) is 28.6. The van der Waals surface area contributed by atoms with Crippen molar-refractivity contribution in [2.75, 3.05) is 54.5 Å². The fraction of sp³-hybridized carbons (Fsp3) is 0.459. The van der Waals surface area contributed by atoms with Crippen LogP contribution < -0.4 is 20.7 Å². The van der Waals surface area contributed by atoms with Crippen molar-refractivity contribution >= 4 is 28.9 Å². The van der Waals surface area contributed by atoms with Gasteiger partial charge in [-0.25, -0.2) is 9.97 Å². The number of hydrogen-bond acceptors (Lipinski definition) is 9. The number of anilines is 4. The molecular weight excluding hydrogens is 620 g/mol. The number of aryl methyl sites for hydroxylation is 1. The van der Waals surface area contributed by atoms with Gasteiger partial charge in [0.1, 0.15) is 23.0 Å². The van der Waals surface area contributed by atoms with Crippen LogP contribution in [0.1, 0.15) is 48.1 Å². The van der Waals surface area contributed by atoms with Gasteiger partial charge in [-0.3, -0.25) is 19.4 Å². The number of amides is 1. The number of aromatic nitrogens is 4. The molecule has 1 aliphatic carbocycles. The molecule has 8 rings (SSSR count). The number of ether oxygens (including phenoxy) is 1. The standard InChI is InChI=1S/C37H44N8O4/c1-23-18-42(27-21-49-22-27)9-10-43(23)26-5-6-33(39-17-26)40-30-13-25(19-41(4)35(30)47)28-7-8-38-34(29(28)20-46)45-12-11-44-31(36(45)48)14-24-15-37(2,3)16-32(24)44/h5-8,13-14,17,19,23,27,46H,9-12,15-16,18,20-22H2,1-4H3,(H,39,40)/t23-/m1/s1. The van der Waals surface area contributed by atoms with Crippen LogP contribution in [0, 0.1) is 5.41 Å². The highest BCUT2D eigenvalue weighted by molar-refractivity contribution is 6.06. The highest BCUT2D eigenvalue weighted by Crippen LogP contribution is 2.40. The number of aliphatic hydroxyl groups is 1. The summed E-state index contributed by atoms with van der Waals surface area (Å²) in [6, 6.07) is 10.5. The molecule has 49 heavy (non-hydrogen) atoms. The van der Waals surface area contributed by atoms with E-state index in [4.69, 9.17) is 4.74 Å². The minimum absolute atomic E-state index is 0.112. The van der Waals surface area contributed by atoms with Crippen molar-refractivity contribution in [1.82, 2.24) is 24.0 Å². The molecule has 0 radical (unpaired) electrons. The van der Waals surface area contributed by atoms with Crippen molar-refractivity contribution in [3.05, 3.63) is 81.8 Å². The molecule has 3 aliphatic heterocycles. The molecule has 0 unspecified atom stereocenters. The second kappa shape index (κ2) is 12.1. The van der Waals surface area contributed by atoms with E-state index in [2.05, 4.69) is 50.4 Å². The minimum atomic E-state index is -0.316. The molecule has 1 atom stereocenters. The Labute approximate surface area is 285 Å². The number of piperazine rings is 1. The number of pyridine rings is 3. The van der Waals surface area contributed by atoms with Crippen molar-refractivity contribution in [2.24, 2.45) is 12.5 Å². The van der Waals surface area contributed by atoms with Gasteiger partial charge >= 0.3 is 0 Å². The van der Waals surface area contributed by atoms with E-state index in [1.807, 2.05) is 30.5 Å². The third-order valence-electron chi connectivity index (χ3n) is 10.7. The van der Waals surface area contributed by atoms with Gasteiger partial charge in [0.05, 0.1) is 37.7 Å². The molecule has 256 valence electrons. The molecule has 0 saturated carbocycles. The SMILES string of the molecule is C[C@@H]1CN(C2COC2)CCN1c1ccc(Nc2cc(-c3ccnc(N4CCn5c(cc6c5CC(C)(C)C6)C4=O)c3CO)cn(C)c2=O)nc1. The Bertz CT molecular complexity index is 1980. The lowest BCUT2D eigenvalue weighted by molar-refractivity contribution is -0.0691. The third kappa shape index (κ3) is 5.61. The molecule has 2 saturated heterocycles. The maximum absolute atomic E-state index is 13.9. The van der Waals surface area contributed by atoms with Crippen molar-refractivity contribution in [2.45, 2.75) is 58.8 Å². The summed E-state index contributed by atoms with van der Waals surface area (Å²) < 4.78 is 9.08. The van der Waals surface area contributed by atoms with E-state index in [0.717, 1.165) is 51.4 Å². The van der Waals surface area contributed by atoms with Gasteiger partial charge in [-0.2, -0.15) is 0 Å². The lowest BCUT2D eigenvalue weighted by Crippen LogP contribution is -2.59. The lowest BCUT2D eigenvalue weighted by atomic mass is 9.90. The summed E-state index contributed by atoms with van der Waals surface area (Å²) >= 11 is 0. The molecule has 12 heteroatoms. The smallest absolute Gasteiger partial charge is 0.276 e. The van der Waals surface area contributed by atoms with E-state index in [1.54, 1.807) is 30.4 Å². The predicted octanol–water partition coefficient (Wildman–Crippen LogP) is 3.57. The maximum Gasteiger partial charge on any atom is 0.276 e. The van der Waals surface area contributed by atoms with E-state index in [9.17, 15) is 14.7 Å². The molecule has 2 fully saturated rings. The molecule has 0 spiro atoms. The monoisotopic (exact) mass is 664 g/mol. The topological polar surface area (TPSA) is 121 Å². The quantitative estimate of drug-likeness (QED) is 0.306. The molecule has 7 heterocycles. The van der Waals surface area contributed by atoms with E-state index in [1.165, 1.54) is 15.8 Å². The number of nitrogens with zero attached hydrogens (tertiary/aromatic N) is 7. The number of carbonyl (C=O) groups excluding carboxylic acids is 1. The average molecular weight is 665 g/mol. The average Bonchev–Trinajstić information content (AvgIpc) is 3.55. The van der Waals surface area contributed by atoms with Crippen LogP contribution >= 0.6 is 0 Å². The predicted molar refractivity (Wildman–Crippen MR) is 189 cm³/mol. The van der Waals surface area contributed by atoms with Crippen LogP contribution in [0.15, 0.2) is 53.7 Å². The summed E-state index contributed by atoms with van der Waals surface area (Å²) in [5.74, 6) is 0.889. The number of rotatable bonds is 7. The van der Waals surface area contributed by atoms with Gasteiger partial charge in [-0.05, 0) is 66.6 Å². The summed E-state index contributed by atoms with van der Waals surface area (Å²) in [4.78, 5) is 43.0. The summed E-state index contributed by atoms with van der Waals surface area (Å²) in [5.41, 5.74) is 6.55. The van der Waals surface area contributed by atoms with Crippen LogP contribution in [0.25, 0.3) is 11.1 Å². The summed E-state index contributed by atoms with van der Waals surface area (Å²) in [6.45, 7) is 12.1. The minimum Gasteiger partial charge on any atom is -0.392 e. The Balaban J connectivity index is 1.04. The van der Waals surface area contributed by atoms with Crippen LogP contribution in [0.2, 0.25) is 0 Å². The Morgan fingerprint density at radius 2 is 1.88 bits per heavy atom. The van der Waals surface area contributed by atoms with Gasteiger partial charge in [0, 0.05) is 75.0 Å². The van der Waals surface area contributed by atoms with Gasteiger partial charge in [-0.15, -0.1) is 0 Å². The third-order valence-corrected chi connectivity index (χ3v) is 10.7. The molecule has 1 amide bonds. The zero-order chi connectivity index (χ0) is 34.0. The molecule has 2 N–H and O–H groups in total. The molecule has 0 bridgehead atoms. The van der Waals surface area contributed by atoms with Crippen LogP contribution in [0.4, 0.5) is 23.0 Å². The van der Waals surface area contributed by atoms with Gasteiger partial charge in [0.25, 0.3) is 11.5 Å². The van der Waals surface area contributed by atoms with Crippen LogP contribution in [-0.2, 0) is 37.8 Å². The zero-order valence-corrected chi connectivity index (χ0v) is 28.6. The highest BCUT2D eigenvalue weighted by atomic mass is 16.5. The first-order valence-corrected chi connectivity index (χ1v) is 17.2. The second-order valence-electron chi connectivity index (χ2n) is 14.8. The summed E-state index contributed by atoms with van der Waals surface area (Å²) in [6.07, 6.45) is 7.18. The molecule has 4 aromatic rings. The summed E-state index contributed by atoms with van der Waals surface area (Å²) in [7, 11) is 1.70. The first kappa shape index (κ1) is 31.7. The van der Waals surface area contributed by atoms with Gasteiger partial charge in [0.2, 0.25) is 0 Å². The van der Waals surface area contributed by atoms with Crippen LogP contribution in [-0.4, -0.2) is 86.5 Å². The molecule has 4 aliphatic rings. The second-order valence-corrected chi connectivity index (χ2v) is 14.8. The number of hydrogen-bond donors (Lipinski definition) is 2. The van der Waals surface area contributed by atoms with Crippen LogP contribution in [0.3, 0.4) is 0 Å². The van der Waals surface area contributed by atoms with Gasteiger partial charge in [0.15, 0.2) is 0 Å².